The van der Waals surface area contributed by atoms with Gasteiger partial charge in [0.25, 0.3) is 0 Å². The average molecular weight is 221 g/mol. The number of hydrogen-bond donors (Lipinski definition) is 0. The molecule has 0 radical (unpaired) electrons. The van der Waals surface area contributed by atoms with Gasteiger partial charge in [-0.25, -0.2) is 4.39 Å². The molecule has 1 heterocycles. The van der Waals surface area contributed by atoms with Gasteiger partial charge >= 0.3 is 0 Å². The van der Waals surface area contributed by atoms with Crippen molar-refractivity contribution < 1.29 is 4.39 Å². The highest BCUT2D eigenvalue weighted by molar-refractivity contribution is 5.22. The van der Waals surface area contributed by atoms with Gasteiger partial charge in [-0.1, -0.05) is 18.2 Å². The van der Waals surface area contributed by atoms with Gasteiger partial charge in [0.15, 0.2) is 0 Å². The second-order valence-corrected chi connectivity index (χ2v) is 5.54. The van der Waals surface area contributed by atoms with Crippen molar-refractivity contribution in [1.29, 1.82) is 0 Å². The van der Waals surface area contributed by atoms with Crippen LogP contribution >= 0.6 is 0 Å². The molecule has 1 aliphatic heterocycles. The van der Waals surface area contributed by atoms with Crippen molar-refractivity contribution in [1.82, 2.24) is 4.90 Å². The van der Waals surface area contributed by atoms with Crippen LogP contribution in [0.5, 0.6) is 0 Å². The largest absolute Gasteiger partial charge is 0.291 e. The zero-order valence-electron chi connectivity index (χ0n) is 10.3. The molecule has 1 nitrogen and oxygen atoms in total. The third kappa shape index (κ3) is 2.12. The van der Waals surface area contributed by atoms with Gasteiger partial charge in [0.1, 0.15) is 5.82 Å². The van der Waals surface area contributed by atoms with E-state index in [1.165, 1.54) is 0 Å². The van der Waals surface area contributed by atoms with Gasteiger partial charge in [0.2, 0.25) is 0 Å². The topological polar surface area (TPSA) is 3.24 Å². The van der Waals surface area contributed by atoms with E-state index in [0.29, 0.717) is 0 Å². The van der Waals surface area contributed by atoms with Crippen LogP contribution in [-0.2, 0) is 0 Å². The minimum atomic E-state index is -0.0661. The Morgan fingerprint density at radius 1 is 1.25 bits per heavy atom. The van der Waals surface area contributed by atoms with Crippen LogP contribution in [0.15, 0.2) is 24.3 Å². The van der Waals surface area contributed by atoms with Crippen molar-refractivity contribution >= 4 is 0 Å². The smallest absolute Gasteiger partial charge is 0.127 e. The lowest BCUT2D eigenvalue weighted by atomic mass is 9.99. The van der Waals surface area contributed by atoms with Gasteiger partial charge in [-0.3, -0.25) is 4.90 Å². The van der Waals surface area contributed by atoms with Crippen molar-refractivity contribution in [3.05, 3.63) is 35.6 Å². The van der Waals surface area contributed by atoms with Crippen LogP contribution in [0.3, 0.4) is 0 Å². The Labute approximate surface area is 97.3 Å². The van der Waals surface area contributed by atoms with Crippen LogP contribution in [0.4, 0.5) is 4.39 Å². The second kappa shape index (κ2) is 4.17. The van der Waals surface area contributed by atoms with E-state index in [9.17, 15) is 4.39 Å². The van der Waals surface area contributed by atoms with E-state index < -0.39 is 0 Å². The normalized spacial score (nSPS) is 22.6. The maximum Gasteiger partial charge on any atom is 0.127 e. The number of halogens is 1. The summed E-state index contributed by atoms with van der Waals surface area (Å²) in [7, 11) is 0. The first-order valence-corrected chi connectivity index (χ1v) is 6.01. The van der Waals surface area contributed by atoms with E-state index in [4.69, 9.17) is 0 Å². The molecular weight excluding hydrogens is 201 g/mol. The first kappa shape index (κ1) is 11.6. The van der Waals surface area contributed by atoms with E-state index in [-0.39, 0.29) is 17.4 Å². The van der Waals surface area contributed by atoms with Crippen molar-refractivity contribution in [3.8, 4) is 0 Å². The molecule has 2 rings (SSSR count). The molecule has 0 bridgehead atoms. The summed E-state index contributed by atoms with van der Waals surface area (Å²) in [6.07, 6.45) is 2.23. The van der Waals surface area contributed by atoms with Crippen molar-refractivity contribution in [2.45, 2.75) is 45.2 Å². The number of benzene rings is 1. The van der Waals surface area contributed by atoms with Crippen LogP contribution in [0.1, 0.15) is 45.2 Å². The molecule has 1 fully saturated rings. The first-order valence-electron chi connectivity index (χ1n) is 6.01. The lowest BCUT2D eigenvalue weighted by Gasteiger charge is -2.37. The summed E-state index contributed by atoms with van der Waals surface area (Å²) in [6.45, 7) is 7.67. The van der Waals surface area contributed by atoms with Gasteiger partial charge in [0.05, 0.1) is 0 Å². The summed E-state index contributed by atoms with van der Waals surface area (Å²) in [5.41, 5.74) is 0.971. The molecule has 2 heteroatoms. The van der Waals surface area contributed by atoms with E-state index in [1.807, 2.05) is 12.1 Å². The lowest BCUT2D eigenvalue weighted by molar-refractivity contribution is 0.119. The first-order chi connectivity index (χ1) is 7.50. The minimum Gasteiger partial charge on any atom is -0.291 e. The Balaban J connectivity index is 2.31. The molecular formula is C14H20FN. The fraction of sp³-hybridized carbons (Fsp3) is 0.571. The quantitative estimate of drug-likeness (QED) is 0.698. The molecule has 1 saturated heterocycles. The van der Waals surface area contributed by atoms with Gasteiger partial charge in [-0.05, 0) is 46.2 Å². The predicted molar refractivity (Wildman–Crippen MR) is 64.8 cm³/mol. The highest BCUT2D eigenvalue weighted by Gasteiger charge is 2.34. The molecule has 88 valence electrons. The van der Waals surface area contributed by atoms with E-state index >= 15 is 0 Å². The molecule has 16 heavy (non-hydrogen) atoms. The molecule has 1 unspecified atom stereocenters. The number of hydrogen-bond acceptors (Lipinski definition) is 1. The molecule has 0 amide bonds. The van der Waals surface area contributed by atoms with Gasteiger partial charge < -0.3 is 0 Å². The third-order valence-electron chi connectivity index (χ3n) is 3.38. The van der Waals surface area contributed by atoms with Gasteiger partial charge in [0, 0.05) is 17.1 Å². The maximum absolute atomic E-state index is 13.8. The zero-order chi connectivity index (χ0) is 11.8. The maximum atomic E-state index is 13.8. The lowest BCUT2D eigenvalue weighted by Crippen LogP contribution is -2.40. The fourth-order valence-electron chi connectivity index (χ4n) is 2.64. The molecule has 1 aromatic rings. The van der Waals surface area contributed by atoms with Crippen molar-refractivity contribution in [2.24, 2.45) is 0 Å². The number of likely N-dealkylation sites (tertiary alicyclic amines) is 1. The SMILES string of the molecule is CC(C)(C)N1CCCC1c1ccccc1F. The minimum absolute atomic E-state index is 0.0661. The van der Waals surface area contributed by atoms with Crippen LogP contribution in [0, 0.1) is 5.82 Å². The van der Waals surface area contributed by atoms with Crippen molar-refractivity contribution in [2.75, 3.05) is 6.54 Å². The van der Waals surface area contributed by atoms with E-state index in [2.05, 4.69) is 25.7 Å². The van der Waals surface area contributed by atoms with E-state index in [0.717, 1.165) is 24.9 Å². The van der Waals surface area contributed by atoms with Crippen LogP contribution < -0.4 is 0 Å². The van der Waals surface area contributed by atoms with E-state index in [1.54, 1.807) is 12.1 Å². The number of rotatable bonds is 1. The summed E-state index contributed by atoms with van der Waals surface area (Å²) >= 11 is 0. The molecule has 0 N–H and O–H groups in total. The molecule has 1 atom stereocenters. The second-order valence-electron chi connectivity index (χ2n) is 5.54. The standard InChI is InChI=1S/C14H20FN/c1-14(2,3)16-10-6-9-13(16)11-7-4-5-8-12(11)15/h4-5,7-8,13H,6,9-10H2,1-3H3. The van der Waals surface area contributed by atoms with Crippen LogP contribution in [0.2, 0.25) is 0 Å². The third-order valence-corrected chi connectivity index (χ3v) is 3.38. The Bertz CT molecular complexity index is 367. The molecule has 1 aromatic carbocycles. The summed E-state index contributed by atoms with van der Waals surface area (Å²) in [6, 6.07) is 7.42. The Morgan fingerprint density at radius 3 is 2.56 bits per heavy atom. The average Bonchev–Trinajstić information content (AvgIpc) is 2.66. The monoisotopic (exact) mass is 221 g/mol. The summed E-state index contributed by atoms with van der Waals surface area (Å²) < 4.78 is 13.8. The Morgan fingerprint density at radius 2 is 1.94 bits per heavy atom. The van der Waals surface area contributed by atoms with Crippen LogP contribution in [-0.4, -0.2) is 17.0 Å². The van der Waals surface area contributed by atoms with Gasteiger partial charge in [-0.15, -0.1) is 0 Å². The van der Waals surface area contributed by atoms with Gasteiger partial charge in [-0.2, -0.15) is 0 Å². The highest BCUT2D eigenvalue weighted by atomic mass is 19.1. The molecule has 0 saturated carbocycles. The molecule has 0 aromatic heterocycles. The fourth-order valence-corrected chi connectivity index (χ4v) is 2.64. The van der Waals surface area contributed by atoms with Crippen molar-refractivity contribution in [3.63, 3.8) is 0 Å². The zero-order valence-corrected chi connectivity index (χ0v) is 10.3. The predicted octanol–water partition coefficient (Wildman–Crippen LogP) is 3.76. The summed E-state index contributed by atoms with van der Waals surface area (Å²) in [5, 5.41) is 0. The Hall–Kier alpha value is -0.890. The molecule has 0 spiro atoms. The molecule has 1 aliphatic rings. The summed E-state index contributed by atoms with van der Waals surface area (Å²) in [5.74, 6) is -0.0661. The highest BCUT2D eigenvalue weighted by Crippen LogP contribution is 2.37. The number of nitrogens with zero attached hydrogens (tertiary/aromatic N) is 1. The molecule has 0 aliphatic carbocycles. The summed E-state index contributed by atoms with van der Waals surface area (Å²) in [4.78, 5) is 2.41. The Kier molecular flexibility index (Phi) is 3.02. The van der Waals surface area contributed by atoms with Crippen LogP contribution in [0.25, 0.3) is 0 Å².